The van der Waals surface area contributed by atoms with Crippen molar-refractivity contribution in [3.63, 3.8) is 0 Å². The summed E-state index contributed by atoms with van der Waals surface area (Å²) in [7, 11) is 1.52. The van der Waals surface area contributed by atoms with Gasteiger partial charge in [-0.25, -0.2) is 0 Å². The molecule has 28 heavy (non-hydrogen) atoms. The van der Waals surface area contributed by atoms with E-state index in [0.717, 1.165) is 11.1 Å². The van der Waals surface area contributed by atoms with Crippen LogP contribution in [-0.2, 0) is 13.2 Å². The van der Waals surface area contributed by atoms with Crippen molar-refractivity contribution in [2.24, 2.45) is 0 Å². The third kappa shape index (κ3) is 4.93. The first-order chi connectivity index (χ1) is 13.7. The van der Waals surface area contributed by atoms with Crippen molar-refractivity contribution in [3.05, 3.63) is 89.5 Å². The summed E-state index contributed by atoms with van der Waals surface area (Å²) in [5, 5.41) is 0.200. The van der Waals surface area contributed by atoms with Crippen molar-refractivity contribution in [1.82, 2.24) is 0 Å². The minimum absolute atomic E-state index is 0.0870. The minimum atomic E-state index is -0.0870. The number of carbonyl (C=O) groups excluding carboxylic acids is 1. The topological polar surface area (TPSA) is 44.8 Å². The van der Waals surface area contributed by atoms with Crippen LogP contribution in [0.2, 0.25) is 0 Å². The lowest BCUT2D eigenvalue weighted by Crippen LogP contribution is -2.08. The van der Waals surface area contributed by atoms with Crippen molar-refractivity contribution >= 4 is 21.7 Å². The Kier molecular flexibility index (Phi) is 7.09. The maximum Gasteiger partial charge on any atom is 0.204 e. The number of hydrogen-bond acceptors (Lipinski definition) is 4. The zero-order valence-corrected chi connectivity index (χ0v) is 17.1. The van der Waals surface area contributed by atoms with Gasteiger partial charge in [0, 0.05) is 0 Å². The Hall–Kier alpha value is -2.79. The van der Waals surface area contributed by atoms with Gasteiger partial charge in [0.25, 0.3) is 0 Å². The summed E-state index contributed by atoms with van der Waals surface area (Å²) in [6, 6.07) is 23.1. The molecule has 0 bridgehead atoms. The molecular weight excluding hydrogens is 420 g/mol. The molecule has 0 aromatic heterocycles. The van der Waals surface area contributed by atoms with E-state index in [1.807, 2.05) is 60.7 Å². The van der Waals surface area contributed by atoms with Gasteiger partial charge in [-0.1, -0.05) is 76.6 Å². The summed E-state index contributed by atoms with van der Waals surface area (Å²) in [6.07, 6.45) is 0. The van der Waals surface area contributed by atoms with E-state index < -0.39 is 0 Å². The fourth-order valence-electron chi connectivity index (χ4n) is 2.75. The minimum Gasteiger partial charge on any atom is -0.492 e. The third-order valence-electron chi connectivity index (χ3n) is 4.17. The quantitative estimate of drug-likeness (QED) is 0.328. The maximum absolute atomic E-state index is 12.3. The highest BCUT2D eigenvalue weighted by molar-refractivity contribution is 9.09. The molecule has 144 valence electrons. The summed E-state index contributed by atoms with van der Waals surface area (Å²) in [5.41, 5.74) is 2.50. The van der Waals surface area contributed by atoms with Crippen LogP contribution in [0.3, 0.4) is 0 Å². The zero-order chi connectivity index (χ0) is 19.8. The highest BCUT2D eigenvalue weighted by Gasteiger charge is 2.21. The molecule has 0 unspecified atom stereocenters. The molecule has 0 saturated heterocycles. The van der Waals surface area contributed by atoms with Crippen molar-refractivity contribution < 1.29 is 19.0 Å². The van der Waals surface area contributed by atoms with Gasteiger partial charge in [0.2, 0.25) is 5.75 Å². The summed E-state index contributed by atoms with van der Waals surface area (Å²) < 4.78 is 17.6. The molecule has 3 rings (SSSR count). The Labute approximate surface area is 173 Å². The first kappa shape index (κ1) is 20.0. The van der Waals surface area contributed by atoms with Crippen LogP contribution in [0.5, 0.6) is 17.2 Å². The van der Waals surface area contributed by atoms with Gasteiger partial charge in [0.05, 0.1) is 18.0 Å². The molecule has 0 radical (unpaired) electrons. The van der Waals surface area contributed by atoms with Crippen LogP contribution in [0.1, 0.15) is 21.5 Å². The van der Waals surface area contributed by atoms with Crippen LogP contribution >= 0.6 is 15.9 Å². The average Bonchev–Trinajstić information content (AvgIpc) is 2.76. The second kappa shape index (κ2) is 9.95. The van der Waals surface area contributed by atoms with E-state index in [9.17, 15) is 4.79 Å². The lowest BCUT2D eigenvalue weighted by atomic mass is 10.1. The molecule has 3 aromatic carbocycles. The van der Waals surface area contributed by atoms with Gasteiger partial charge in [-0.3, -0.25) is 4.79 Å². The van der Waals surface area contributed by atoms with E-state index >= 15 is 0 Å². The van der Waals surface area contributed by atoms with Gasteiger partial charge in [0.1, 0.15) is 13.2 Å². The molecule has 0 aliphatic heterocycles. The number of methoxy groups -OCH3 is 1. The van der Waals surface area contributed by atoms with Crippen molar-refractivity contribution in [2.75, 3.05) is 12.4 Å². The van der Waals surface area contributed by atoms with Crippen LogP contribution in [-0.4, -0.2) is 18.2 Å². The lowest BCUT2D eigenvalue weighted by Gasteiger charge is -2.18. The number of carbonyl (C=O) groups is 1. The standard InChI is InChI=1S/C23H21BrO4/c1-26-22-19(20(25)14-24)12-13-21(27-15-17-8-4-2-5-9-17)23(22)28-16-18-10-6-3-7-11-18/h2-13H,14-16H2,1H3. The van der Waals surface area contributed by atoms with Gasteiger partial charge in [-0.15, -0.1) is 0 Å². The molecule has 0 spiro atoms. The molecule has 0 amide bonds. The molecule has 0 aliphatic rings. The lowest BCUT2D eigenvalue weighted by molar-refractivity contribution is 0.101. The van der Waals surface area contributed by atoms with Crippen molar-refractivity contribution in [2.45, 2.75) is 13.2 Å². The first-order valence-corrected chi connectivity index (χ1v) is 9.98. The SMILES string of the molecule is COc1c(C(=O)CBr)ccc(OCc2ccccc2)c1OCc1ccccc1. The highest BCUT2D eigenvalue weighted by Crippen LogP contribution is 2.41. The number of halogens is 1. The molecule has 0 atom stereocenters. The number of Topliss-reactive ketones (excluding diaryl/α,β-unsaturated/α-hetero) is 1. The summed E-state index contributed by atoms with van der Waals surface area (Å²) in [4.78, 5) is 12.3. The van der Waals surface area contributed by atoms with Gasteiger partial charge in [0.15, 0.2) is 17.3 Å². The Balaban J connectivity index is 1.91. The van der Waals surface area contributed by atoms with Crippen molar-refractivity contribution in [1.29, 1.82) is 0 Å². The van der Waals surface area contributed by atoms with Crippen LogP contribution in [0.15, 0.2) is 72.8 Å². The zero-order valence-electron chi connectivity index (χ0n) is 15.6. The first-order valence-electron chi connectivity index (χ1n) is 8.86. The number of benzene rings is 3. The third-order valence-corrected chi connectivity index (χ3v) is 4.67. The van der Waals surface area contributed by atoms with E-state index in [2.05, 4.69) is 15.9 Å². The Morgan fingerprint density at radius 2 is 1.36 bits per heavy atom. The van der Waals surface area contributed by atoms with Gasteiger partial charge >= 0.3 is 0 Å². The van der Waals surface area contributed by atoms with Gasteiger partial charge in [-0.2, -0.15) is 0 Å². The van der Waals surface area contributed by atoms with E-state index in [-0.39, 0.29) is 11.1 Å². The average molecular weight is 441 g/mol. The highest BCUT2D eigenvalue weighted by atomic mass is 79.9. The Morgan fingerprint density at radius 1 is 0.786 bits per heavy atom. The van der Waals surface area contributed by atoms with Gasteiger partial charge in [-0.05, 0) is 23.3 Å². The molecule has 4 nitrogen and oxygen atoms in total. The number of alkyl halides is 1. The number of ether oxygens (including phenoxy) is 3. The van der Waals surface area contributed by atoms with Crippen LogP contribution in [0.25, 0.3) is 0 Å². The predicted octanol–water partition coefficient (Wildman–Crippen LogP) is 5.43. The van der Waals surface area contributed by atoms with Crippen LogP contribution in [0.4, 0.5) is 0 Å². The number of rotatable bonds is 9. The fraction of sp³-hybridized carbons (Fsp3) is 0.174. The second-order valence-corrected chi connectivity index (χ2v) is 6.64. The van der Waals surface area contributed by atoms with Crippen molar-refractivity contribution in [3.8, 4) is 17.2 Å². The maximum atomic E-state index is 12.3. The number of ketones is 1. The molecule has 3 aromatic rings. The smallest absolute Gasteiger partial charge is 0.204 e. The molecule has 0 heterocycles. The van der Waals surface area contributed by atoms with E-state index in [1.54, 1.807) is 12.1 Å². The summed E-state index contributed by atoms with van der Waals surface area (Å²) in [6.45, 7) is 0.724. The molecule has 0 N–H and O–H groups in total. The van der Waals surface area contributed by atoms with E-state index in [0.29, 0.717) is 36.0 Å². The van der Waals surface area contributed by atoms with Crippen LogP contribution < -0.4 is 14.2 Å². The summed E-state index contributed by atoms with van der Waals surface area (Å²) >= 11 is 3.22. The fourth-order valence-corrected chi connectivity index (χ4v) is 3.06. The molecule has 5 heteroatoms. The Bertz CT molecular complexity index is 911. The summed E-state index contributed by atoms with van der Waals surface area (Å²) in [5.74, 6) is 1.25. The monoisotopic (exact) mass is 440 g/mol. The molecule has 0 aliphatic carbocycles. The molecule has 0 fully saturated rings. The van der Waals surface area contributed by atoms with Crippen LogP contribution in [0, 0.1) is 0 Å². The number of hydrogen-bond donors (Lipinski definition) is 0. The second-order valence-electron chi connectivity index (χ2n) is 6.08. The molecular formula is C23H21BrO4. The van der Waals surface area contributed by atoms with Gasteiger partial charge < -0.3 is 14.2 Å². The molecule has 0 saturated carbocycles. The normalized spacial score (nSPS) is 10.4. The van der Waals surface area contributed by atoms with E-state index in [4.69, 9.17) is 14.2 Å². The van der Waals surface area contributed by atoms with E-state index in [1.165, 1.54) is 7.11 Å². The largest absolute Gasteiger partial charge is 0.492 e. The Morgan fingerprint density at radius 3 is 1.89 bits per heavy atom. The predicted molar refractivity (Wildman–Crippen MR) is 113 cm³/mol.